The zero-order valence-electron chi connectivity index (χ0n) is 14.4. The van der Waals surface area contributed by atoms with Gasteiger partial charge in [0.05, 0.1) is 5.02 Å². The number of aliphatic carboxylic acids is 2. The van der Waals surface area contributed by atoms with Crippen molar-refractivity contribution in [3.63, 3.8) is 0 Å². The standard InChI is InChI=1S/C14H15Cl2NOS.C4H4O4/c1-17-7-6-12(14-3-2-8-19-14)18-13-9-10(15)4-5-11(13)16;5-3(6)1-2-4(7)8/h2-5,8-9,12,17H,6-7H2,1H3;1-2H,(H,5,6)(H,7,8)/b;2-1+. The molecule has 1 unspecified atom stereocenters. The summed E-state index contributed by atoms with van der Waals surface area (Å²) in [5.41, 5.74) is 0. The summed E-state index contributed by atoms with van der Waals surface area (Å²) in [5.74, 6) is -1.89. The Labute approximate surface area is 171 Å². The second-order valence-corrected chi connectivity index (χ2v) is 6.92. The van der Waals surface area contributed by atoms with Crippen molar-refractivity contribution in [3.05, 3.63) is 62.8 Å². The quantitative estimate of drug-likeness (QED) is 0.532. The number of nitrogens with one attached hydrogen (secondary N) is 1. The van der Waals surface area contributed by atoms with E-state index in [1.54, 1.807) is 29.5 Å². The molecule has 3 N–H and O–H groups in total. The number of thiophene rings is 1. The molecule has 0 radical (unpaired) electrons. The van der Waals surface area contributed by atoms with E-state index in [4.69, 9.17) is 38.2 Å². The molecule has 0 saturated heterocycles. The maximum atomic E-state index is 9.55. The highest BCUT2D eigenvalue weighted by Crippen LogP contribution is 2.34. The summed E-state index contributed by atoms with van der Waals surface area (Å²) in [6.07, 6.45) is 1.98. The monoisotopic (exact) mass is 431 g/mol. The van der Waals surface area contributed by atoms with E-state index < -0.39 is 11.9 Å². The van der Waals surface area contributed by atoms with Crippen LogP contribution >= 0.6 is 34.5 Å². The van der Waals surface area contributed by atoms with E-state index in [0.29, 0.717) is 27.9 Å². The summed E-state index contributed by atoms with van der Waals surface area (Å²) in [6.45, 7) is 0.876. The van der Waals surface area contributed by atoms with Crippen LogP contribution in [0.3, 0.4) is 0 Å². The van der Waals surface area contributed by atoms with Crippen molar-refractivity contribution in [1.82, 2.24) is 5.32 Å². The lowest BCUT2D eigenvalue weighted by Crippen LogP contribution is -2.15. The number of hydrogen-bond donors (Lipinski definition) is 3. The zero-order valence-corrected chi connectivity index (χ0v) is 16.7. The molecule has 9 heteroatoms. The average Bonchev–Trinajstić information content (AvgIpc) is 3.15. The summed E-state index contributed by atoms with van der Waals surface area (Å²) in [6, 6.07) is 9.36. The Morgan fingerprint density at radius 2 is 1.89 bits per heavy atom. The fourth-order valence-corrected chi connectivity index (χ4v) is 2.99. The molecule has 6 nitrogen and oxygen atoms in total. The second kappa shape index (κ2) is 12.3. The van der Waals surface area contributed by atoms with Crippen molar-refractivity contribution in [2.24, 2.45) is 0 Å². The van der Waals surface area contributed by atoms with Gasteiger partial charge in [0.25, 0.3) is 0 Å². The first-order valence-electron chi connectivity index (χ1n) is 7.77. The molecule has 0 bridgehead atoms. The van der Waals surface area contributed by atoms with Crippen molar-refractivity contribution < 1.29 is 24.5 Å². The number of benzene rings is 1. The molecule has 0 aliphatic heterocycles. The number of ether oxygens (including phenoxy) is 1. The topological polar surface area (TPSA) is 95.9 Å². The predicted molar refractivity (Wildman–Crippen MR) is 107 cm³/mol. The molecular weight excluding hydrogens is 413 g/mol. The molecule has 27 heavy (non-hydrogen) atoms. The molecule has 146 valence electrons. The Morgan fingerprint density at radius 1 is 1.22 bits per heavy atom. The zero-order chi connectivity index (χ0) is 20.2. The largest absolute Gasteiger partial charge is 0.483 e. The van der Waals surface area contributed by atoms with Crippen LogP contribution in [0.1, 0.15) is 17.4 Å². The summed E-state index contributed by atoms with van der Waals surface area (Å²) in [7, 11) is 1.93. The third-order valence-electron chi connectivity index (χ3n) is 3.05. The van der Waals surface area contributed by atoms with Gasteiger partial charge in [-0.25, -0.2) is 9.59 Å². The van der Waals surface area contributed by atoms with Crippen LogP contribution in [0.25, 0.3) is 0 Å². The molecule has 0 saturated carbocycles. The average molecular weight is 432 g/mol. The van der Waals surface area contributed by atoms with Crippen molar-refractivity contribution in [2.75, 3.05) is 13.6 Å². The Balaban J connectivity index is 0.000000387. The first-order valence-corrected chi connectivity index (χ1v) is 9.40. The summed E-state index contributed by atoms with van der Waals surface area (Å²) in [4.78, 5) is 20.3. The van der Waals surface area contributed by atoms with Crippen LogP contribution in [-0.2, 0) is 9.59 Å². The Kier molecular flexibility index (Phi) is 10.5. The van der Waals surface area contributed by atoms with E-state index >= 15 is 0 Å². The molecule has 1 atom stereocenters. The third kappa shape index (κ3) is 9.44. The SMILES string of the molecule is CNCCC(Oc1cc(Cl)ccc1Cl)c1cccs1.O=C(O)/C=C/C(=O)O. The van der Waals surface area contributed by atoms with Gasteiger partial charge in [0.2, 0.25) is 0 Å². The fraction of sp³-hybridized carbons (Fsp3) is 0.222. The van der Waals surface area contributed by atoms with Gasteiger partial charge < -0.3 is 20.3 Å². The maximum absolute atomic E-state index is 9.55. The van der Waals surface area contributed by atoms with Gasteiger partial charge >= 0.3 is 11.9 Å². The maximum Gasteiger partial charge on any atom is 0.328 e. The molecular formula is C18H19Cl2NO5S. The molecule has 1 aromatic heterocycles. The Hall–Kier alpha value is -2.06. The Morgan fingerprint density at radius 3 is 2.41 bits per heavy atom. The summed E-state index contributed by atoms with van der Waals surface area (Å²) < 4.78 is 6.03. The smallest absolute Gasteiger partial charge is 0.328 e. The lowest BCUT2D eigenvalue weighted by atomic mass is 10.2. The number of hydrogen-bond acceptors (Lipinski definition) is 5. The summed E-state index contributed by atoms with van der Waals surface area (Å²) >= 11 is 13.8. The molecule has 0 aliphatic rings. The van der Waals surface area contributed by atoms with E-state index in [2.05, 4.69) is 11.4 Å². The van der Waals surface area contributed by atoms with Crippen molar-refractivity contribution >= 4 is 46.5 Å². The number of carboxylic acid groups (broad SMARTS) is 2. The van der Waals surface area contributed by atoms with Gasteiger partial charge in [0.1, 0.15) is 11.9 Å². The van der Waals surface area contributed by atoms with E-state index in [0.717, 1.165) is 13.0 Å². The minimum Gasteiger partial charge on any atom is -0.483 e. The molecule has 0 fully saturated rings. The van der Waals surface area contributed by atoms with Gasteiger partial charge in [-0.1, -0.05) is 29.3 Å². The highest BCUT2D eigenvalue weighted by molar-refractivity contribution is 7.10. The molecule has 1 heterocycles. The predicted octanol–water partition coefficient (Wildman–Crippen LogP) is 4.50. The van der Waals surface area contributed by atoms with Gasteiger partial charge in [0, 0.05) is 34.5 Å². The molecule has 2 aromatic rings. The van der Waals surface area contributed by atoms with Crippen LogP contribution in [0.4, 0.5) is 0 Å². The lowest BCUT2D eigenvalue weighted by Gasteiger charge is -2.19. The minimum absolute atomic E-state index is 0.0107. The van der Waals surface area contributed by atoms with Crippen molar-refractivity contribution in [2.45, 2.75) is 12.5 Å². The van der Waals surface area contributed by atoms with Gasteiger partial charge in [-0.2, -0.15) is 0 Å². The molecule has 0 amide bonds. The summed E-state index contributed by atoms with van der Waals surface area (Å²) in [5, 5.41) is 22.0. The number of rotatable bonds is 8. The van der Waals surface area contributed by atoms with E-state index in [-0.39, 0.29) is 6.10 Å². The highest BCUT2D eigenvalue weighted by atomic mass is 35.5. The van der Waals surface area contributed by atoms with Crippen LogP contribution in [0.2, 0.25) is 10.0 Å². The lowest BCUT2D eigenvalue weighted by molar-refractivity contribution is -0.134. The Bertz CT molecular complexity index is 749. The normalized spacial score (nSPS) is 11.5. The number of carbonyl (C=O) groups is 2. The first kappa shape index (κ1) is 23.0. The number of halogens is 2. The van der Waals surface area contributed by atoms with E-state index in [1.807, 2.05) is 18.5 Å². The first-order chi connectivity index (χ1) is 12.8. The van der Waals surface area contributed by atoms with Gasteiger partial charge in [-0.3, -0.25) is 0 Å². The van der Waals surface area contributed by atoms with Crippen LogP contribution in [0.5, 0.6) is 5.75 Å². The van der Waals surface area contributed by atoms with E-state index in [1.165, 1.54) is 4.88 Å². The van der Waals surface area contributed by atoms with Crippen LogP contribution in [0.15, 0.2) is 47.9 Å². The van der Waals surface area contributed by atoms with Crippen LogP contribution in [-0.4, -0.2) is 35.7 Å². The molecule has 0 aliphatic carbocycles. The molecule has 0 spiro atoms. The third-order valence-corrected chi connectivity index (χ3v) is 4.56. The van der Waals surface area contributed by atoms with Gasteiger partial charge in [0.15, 0.2) is 0 Å². The van der Waals surface area contributed by atoms with E-state index in [9.17, 15) is 9.59 Å². The molecule has 1 aromatic carbocycles. The van der Waals surface area contributed by atoms with Crippen molar-refractivity contribution in [3.8, 4) is 5.75 Å². The van der Waals surface area contributed by atoms with Crippen molar-refractivity contribution in [1.29, 1.82) is 0 Å². The van der Waals surface area contributed by atoms with Crippen LogP contribution in [0, 0.1) is 0 Å². The van der Waals surface area contributed by atoms with Gasteiger partial charge in [-0.15, -0.1) is 11.3 Å². The highest BCUT2D eigenvalue weighted by Gasteiger charge is 2.16. The molecule has 2 rings (SSSR count). The van der Waals surface area contributed by atoms with Crippen LogP contribution < -0.4 is 10.1 Å². The number of carboxylic acids is 2. The fourth-order valence-electron chi connectivity index (χ4n) is 1.87. The minimum atomic E-state index is -1.26. The van der Waals surface area contributed by atoms with Gasteiger partial charge in [-0.05, 0) is 37.2 Å². The second-order valence-electron chi connectivity index (χ2n) is 5.10.